The number of pyridine rings is 1. The molecule has 26 heavy (non-hydrogen) atoms. The van der Waals surface area contributed by atoms with Gasteiger partial charge < -0.3 is 5.11 Å². The molecule has 2 aliphatic rings. The Morgan fingerprint density at radius 1 is 1.19 bits per heavy atom. The molecular formula is C17H17F3N4OS. The van der Waals surface area contributed by atoms with E-state index in [1.165, 1.54) is 0 Å². The summed E-state index contributed by atoms with van der Waals surface area (Å²) in [6.45, 7) is 0. The van der Waals surface area contributed by atoms with Crippen LogP contribution in [0.3, 0.4) is 0 Å². The number of nitrogens with zero attached hydrogens (tertiary/aromatic N) is 4. The number of anilines is 1. The zero-order valence-electron chi connectivity index (χ0n) is 13.8. The van der Waals surface area contributed by atoms with Crippen LogP contribution < -0.4 is 5.01 Å². The van der Waals surface area contributed by atoms with Gasteiger partial charge in [-0.3, -0.25) is 4.98 Å². The number of hydrogen-bond donors (Lipinski definition) is 1. The van der Waals surface area contributed by atoms with Crippen LogP contribution in [0.15, 0.2) is 34.9 Å². The van der Waals surface area contributed by atoms with Crippen LogP contribution in [0.1, 0.15) is 32.1 Å². The first kappa shape index (κ1) is 17.4. The number of aliphatic hydroxyl groups is 1. The Morgan fingerprint density at radius 2 is 2.04 bits per heavy atom. The summed E-state index contributed by atoms with van der Waals surface area (Å²) < 4.78 is 41.7. The van der Waals surface area contributed by atoms with Gasteiger partial charge in [0.25, 0.3) is 5.72 Å². The Hall–Kier alpha value is -2.00. The van der Waals surface area contributed by atoms with Crippen molar-refractivity contribution in [2.45, 2.75) is 44.0 Å². The molecule has 1 fully saturated rings. The fraction of sp³-hybridized carbons (Fsp3) is 0.471. The quantitative estimate of drug-likeness (QED) is 0.845. The summed E-state index contributed by atoms with van der Waals surface area (Å²) >= 11 is 1.02. The van der Waals surface area contributed by atoms with E-state index in [4.69, 9.17) is 0 Å². The molecule has 2 aromatic heterocycles. The van der Waals surface area contributed by atoms with Crippen molar-refractivity contribution in [3.8, 4) is 11.4 Å². The highest BCUT2D eigenvalue weighted by Gasteiger charge is 2.67. The average Bonchev–Trinajstić information content (AvgIpc) is 3.12. The summed E-state index contributed by atoms with van der Waals surface area (Å²) in [5.74, 6) is -1.05. The molecule has 5 nitrogen and oxygen atoms in total. The van der Waals surface area contributed by atoms with E-state index in [0.29, 0.717) is 35.0 Å². The van der Waals surface area contributed by atoms with Gasteiger partial charge in [0.1, 0.15) is 5.69 Å². The lowest BCUT2D eigenvalue weighted by atomic mass is 9.87. The first-order chi connectivity index (χ1) is 12.4. The van der Waals surface area contributed by atoms with Gasteiger partial charge in [-0.05, 0) is 31.4 Å². The maximum absolute atomic E-state index is 13.9. The van der Waals surface area contributed by atoms with Crippen molar-refractivity contribution in [3.05, 3.63) is 29.8 Å². The molecule has 1 aliphatic heterocycles. The van der Waals surface area contributed by atoms with E-state index in [-0.39, 0.29) is 11.6 Å². The maximum Gasteiger partial charge on any atom is 0.439 e. The van der Waals surface area contributed by atoms with E-state index in [9.17, 15) is 18.3 Å². The van der Waals surface area contributed by atoms with Crippen LogP contribution in [0.2, 0.25) is 0 Å². The highest BCUT2D eigenvalue weighted by molar-refractivity contribution is 7.14. The van der Waals surface area contributed by atoms with E-state index in [2.05, 4.69) is 15.1 Å². The van der Waals surface area contributed by atoms with Crippen LogP contribution in [-0.2, 0) is 0 Å². The van der Waals surface area contributed by atoms with Crippen LogP contribution in [0.25, 0.3) is 11.4 Å². The molecular weight excluding hydrogens is 365 g/mol. The molecule has 2 atom stereocenters. The van der Waals surface area contributed by atoms with E-state index in [1.807, 2.05) is 0 Å². The predicted octanol–water partition coefficient (Wildman–Crippen LogP) is 4.21. The Labute approximate surface area is 152 Å². The fourth-order valence-electron chi connectivity index (χ4n) is 3.58. The number of hydrazone groups is 1. The summed E-state index contributed by atoms with van der Waals surface area (Å²) in [7, 11) is 0. The third-order valence-electron chi connectivity index (χ3n) is 4.88. The molecule has 138 valence electrons. The first-order valence-electron chi connectivity index (χ1n) is 8.45. The predicted molar refractivity (Wildman–Crippen MR) is 92.8 cm³/mol. The summed E-state index contributed by atoms with van der Waals surface area (Å²) in [6, 6.07) is 5.26. The number of rotatable bonds is 2. The van der Waals surface area contributed by atoms with Gasteiger partial charge in [0, 0.05) is 17.3 Å². The summed E-state index contributed by atoms with van der Waals surface area (Å²) in [6.07, 6.45) is -0.230. The van der Waals surface area contributed by atoms with Crippen LogP contribution >= 0.6 is 11.3 Å². The Kier molecular flexibility index (Phi) is 4.23. The normalized spacial score (nSPS) is 26.4. The second kappa shape index (κ2) is 6.31. The van der Waals surface area contributed by atoms with Crippen LogP contribution in [0, 0.1) is 5.92 Å². The van der Waals surface area contributed by atoms with E-state index in [1.54, 1.807) is 29.8 Å². The van der Waals surface area contributed by atoms with E-state index in [0.717, 1.165) is 24.2 Å². The van der Waals surface area contributed by atoms with Gasteiger partial charge in [-0.15, -0.1) is 11.3 Å². The smallest absolute Gasteiger partial charge is 0.362 e. The van der Waals surface area contributed by atoms with Gasteiger partial charge in [-0.1, -0.05) is 18.9 Å². The molecule has 4 rings (SSSR count). The first-order valence-corrected chi connectivity index (χ1v) is 9.33. The lowest BCUT2D eigenvalue weighted by molar-refractivity contribution is -0.268. The van der Waals surface area contributed by atoms with Gasteiger partial charge in [0.05, 0.1) is 11.6 Å². The second-order valence-corrected chi connectivity index (χ2v) is 7.35. The lowest BCUT2D eigenvalue weighted by Crippen LogP contribution is -2.60. The second-order valence-electron chi connectivity index (χ2n) is 6.51. The molecule has 1 N–H and O–H groups in total. The number of fused-ring (bicyclic) bond motifs is 1. The van der Waals surface area contributed by atoms with Crippen molar-refractivity contribution in [1.29, 1.82) is 0 Å². The minimum Gasteiger partial charge on any atom is -0.362 e. The van der Waals surface area contributed by atoms with Crippen LogP contribution in [0.4, 0.5) is 18.3 Å². The SMILES string of the molecule is O[C@]1(C(F)(F)F)[C@H]2CCCCCC2=NN1c1nc(-c2ccccn2)cs1. The van der Waals surface area contributed by atoms with E-state index < -0.39 is 17.8 Å². The van der Waals surface area contributed by atoms with Gasteiger partial charge in [-0.2, -0.15) is 23.3 Å². The summed E-state index contributed by atoms with van der Waals surface area (Å²) in [5, 5.41) is 17.3. The third-order valence-corrected chi connectivity index (χ3v) is 5.70. The molecule has 2 aromatic rings. The number of hydrogen-bond acceptors (Lipinski definition) is 6. The van der Waals surface area contributed by atoms with Crippen LogP contribution in [0.5, 0.6) is 0 Å². The molecule has 0 spiro atoms. The van der Waals surface area contributed by atoms with E-state index >= 15 is 0 Å². The maximum atomic E-state index is 13.9. The molecule has 0 unspecified atom stereocenters. The number of alkyl halides is 3. The number of aromatic nitrogens is 2. The summed E-state index contributed by atoms with van der Waals surface area (Å²) in [5.41, 5.74) is -1.61. The van der Waals surface area contributed by atoms with Gasteiger partial charge in [-0.25, -0.2) is 4.98 Å². The lowest BCUT2D eigenvalue weighted by Gasteiger charge is -2.37. The number of thiazole rings is 1. The molecule has 3 heterocycles. The number of halogens is 3. The van der Waals surface area contributed by atoms with Gasteiger partial charge in [0.15, 0.2) is 0 Å². The molecule has 1 aliphatic carbocycles. The molecule has 0 radical (unpaired) electrons. The molecule has 0 aromatic carbocycles. The van der Waals surface area contributed by atoms with Crippen molar-refractivity contribution in [2.75, 3.05) is 5.01 Å². The standard InChI is InChI=1S/C17H17F3N4OS/c18-17(19,20)16(25)11-6-2-1-3-7-12(11)23-24(16)15-22-14(10-26-15)13-8-4-5-9-21-13/h4-5,8-11,25H,1-3,6-7H2/t11-,16-/m0/s1. The highest BCUT2D eigenvalue weighted by Crippen LogP contribution is 2.49. The largest absolute Gasteiger partial charge is 0.439 e. The van der Waals surface area contributed by atoms with Crippen LogP contribution in [-0.4, -0.2) is 32.7 Å². The minimum absolute atomic E-state index is 0.0195. The summed E-state index contributed by atoms with van der Waals surface area (Å²) in [4.78, 5) is 8.43. The highest BCUT2D eigenvalue weighted by atomic mass is 32.1. The Balaban J connectivity index is 1.76. The monoisotopic (exact) mass is 382 g/mol. The molecule has 1 saturated carbocycles. The van der Waals surface area contributed by atoms with Crippen molar-refractivity contribution in [2.24, 2.45) is 11.0 Å². The molecule has 0 amide bonds. The van der Waals surface area contributed by atoms with Gasteiger partial charge >= 0.3 is 6.18 Å². The van der Waals surface area contributed by atoms with Gasteiger partial charge in [0.2, 0.25) is 5.13 Å². The van der Waals surface area contributed by atoms with Crippen molar-refractivity contribution in [3.63, 3.8) is 0 Å². The van der Waals surface area contributed by atoms with Crippen molar-refractivity contribution >= 4 is 22.2 Å². The zero-order chi connectivity index (χ0) is 18.4. The zero-order valence-corrected chi connectivity index (χ0v) is 14.6. The average molecular weight is 382 g/mol. The van der Waals surface area contributed by atoms with Crippen molar-refractivity contribution < 1.29 is 18.3 Å². The van der Waals surface area contributed by atoms with Crippen molar-refractivity contribution in [1.82, 2.24) is 9.97 Å². The topological polar surface area (TPSA) is 61.6 Å². The fourth-order valence-corrected chi connectivity index (χ4v) is 4.40. The molecule has 9 heteroatoms. The Morgan fingerprint density at radius 3 is 2.77 bits per heavy atom. The molecule has 0 saturated heterocycles. The molecule has 0 bridgehead atoms. The minimum atomic E-state index is -4.84. The Bertz CT molecular complexity index is 823. The third kappa shape index (κ3) is 2.69.